The van der Waals surface area contributed by atoms with Crippen molar-refractivity contribution in [3.05, 3.63) is 71.6 Å². The molecule has 4 aromatic rings. The molecule has 0 fully saturated rings. The van der Waals surface area contributed by atoms with E-state index in [2.05, 4.69) is 16.0 Å². The van der Waals surface area contributed by atoms with Crippen molar-refractivity contribution in [3.8, 4) is 22.9 Å². The van der Waals surface area contributed by atoms with Crippen LogP contribution in [0.15, 0.2) is 65.3 Å². The molecule has 150 valence electrons. The molecule has 8 heteroatoms. The SMILES string of the molecule is N#Cc1ccc(OC[C@H](O)CSc2ncnc3scc(-c4ccc(F)cc4)c23)cc1. The van der Waals surface area contributed by atoms with E-state index in [4.69, 9.17) is 10.00 Å². The third kappa shape index (κ3) is 4.60. The minimum atomic E-state index is -0.705. The summed E-state index contributed by atoms with van der Waals surface area (Å²) in [5.74, 6) is 0.703. The third-order valence-electron chi connectivity index (χ3n) is 4.33. The van der Waals surface area contributed by atoms with Gasteiger partial charge in [-0.1, -0.05) is 12.1 Å². The lowest BCUT2D eigenvalue weighted by Crippen LogP contribution is -2.20. The van der Waals surface area contributed by atoms with E-state index >= 15 is 0 Å². The minimum absolute atomic E-state index is 0.127. The Hall–Kier alpha value is -2.99. The standard InChI is InChI=1S/C22H16FN3O2S2/c23-16-5-3-15(4-6-16)19-12-30-22-20(19)21(25-13-26-22)29-11-17(27)10-28-18-7-1-14(9-24)2-8-18/h1-8,12-13,17,27H,10-11H2/t17-/m0/s1. The summed E-state index contributed by atoms with van der Waals surface area (Å²) in [5.41, 5.74) is 2.39. The Bertz CT molecular complexity index is 1190. The van der Waals surface area contributed by atoms with Crippen LogP contribution < -0.4 is 4.74 Å². The Labute approximate surface area is 180 Å². The molecule has 2 heterocycles. The normalized spacial score (nSPS) is 11.9. The van der Waals surface area contributed by atoms with Gasteiger partial charge in [-0.25, -0.2) is 14.4 Å². The largest absolute Gasteiger partial charge is 0.491 e. The zero-order chi connectivity index (χ0) is 20.9. The van der Waals surface area contributed by atoms with Crippen LogP contribution in [0.2, 0.25) is 0 Å². The highest BCUT2D eigenvalue weighted by Gasteiger charge is 2.15. The number of thioether (sulfide) groups is 1. The van der Waals surface area contributed by atoms with E-state index < -0.39 is 6.10 Å². The van der Waals surface area contributed by atoms with Crippen LogP contribution in [-0.4, -0.2) is 33.5 Å². The molecular formula is C22H16FN3O2S2. The predicted octanol–water partition coefficient (Wildman–Crippen LogP) is 4.90. The first-order chi connectivity index (χ1) is 14.6. The zero-order valence-electron chi connectivity index (χ0n) is 15.7. The molecule has 0 aliphatic carbocycles. The molecule has 1 N–H and O–H groups in total. The maximum absolute atomic E-state index is 13.3. The summed E-state index contributed by atoms with van der Waals surface area (Å²) in [6.45, 7) is 0.127. The second-order valence-corrected chi connectivity index (χ2v) is 8.29. The molecule has 1 atom stereocenters. The summed E-state index contributed by atoms with van der Waals surface area (Å²) in [6.07, 6.45) is 0.804. The Kier molecular flexibility index (Phi) is 6.23. The van der Waals surface area contributed by atoms with Crippen LogP contribution in [0.3, 0.4) is 0 Å². The maximum Gasteiger partial charge on any atom is 0.128 e. The second-order valence-electron chi connectivity index (χ2n) is 6.43. The number of hydrogen-bond acceptors (Lipinski definition) is 7. The van der Waals surface area contributed by atoms with Crippen molar-refractivity contribution in [1.82, 2.24) is 9.97 Å². The molecule has 2 aromatic heterocycles. The summed E-state index contributed by atoms with van der Waals surface area (Å²) in [5, 5.41) is 22.8. The van der Waals surface area contributed by atoms with Crippen LogP contribution in [0, 0.1) is 17.1 Å². The van der Waals surface area contributed by atoms with Crippen molar-refractivity contribution in [2.24, 2.45) is 0 Å². The summed E-state index contributed by atoms with van der Waals surface area (Å²) >= 11 is 2.93. The van der Waals surface area contributed by atoms with Crippen molar-refractivity contribution in [1.29, 1.82) is 5.26 Å². The van der Waals surface area contributed by atoms with E-state index in [0.29, 0.717) is 17.1 Å². The molecule has 0 spiro atoms. The molecule has 30 heavy (non-hydrogen) atoms. The molecule has 0 aliphatic heterocycles. The van der Waals surface area contributed by atoms with Crippen LogP contribution in [-0.2, 0) is 0 Å². The van der Waals surface area contributed by atoms with Gasteiger partial charge in [0, 0.05) is 16.7 Å². The molecule has 0 bridgehead atoms. The van der Waals surface area contributed by atoms with Crippen LogP contribution in [0.1, 0.15) is 5.56 Å². The van der Waals surface area contributed by atoms with Gasteiger partial charge in [0.05, 0.1) is 23.1 Å². The molecule has 0 amide bonds. The lowest BCUT2D eigenvalue weighted by Gasteiger charge is -2.12. The van der Waals surface area contributed by atoms with Gasteiger partial charge in [0.15, 0.2) is 0 Å². The van der Waals surface area contributed by atoms with E-state index in [9.17, 15) is 9.50 Å². The number of ether oxygens (including phenoxy) is 1. The molecule has 0 saturated heterocycles. The molecule has 0 saturated carbocycles. The Balaban J connectivity index is 1.45. The van der Waals surface area contributed by atoms with Gasteiger partial charge < -0.3 is 9.84 Å². The van der Waals surface area contributed by atoms with E-state index in [1.54, 1.807) is 36.4 Å². The lowest BCUT2D eigenvalue weighted by atomic mass is 10.1. The zero-order valence-corrected chi connectivity index (χ0v) is 17.3. The van der Waals surface area contributed by atoms with Crippen molar-refractivity contribution in [2.75, 3.05) is 12.4 Å². The summed E-state index contributed by atoms with van der Waals surface area (Å²) in [6, 6.07) is 15.1. The van der Waals surface area contributed by atoms with Gasteiger partial charge in [-0.15, -0.1) is 23.1 Å². The van der Waals surface area contributed by atoms with Crippen molar-refractivity contribution < 1.29 is 14.2 Å². The van der Waals surface area contributed by atoms with Crippen LogP contribution in [0.5, 0.6) is 5.75 Å². The minimum Gasteiger partial charge on any atom is -0.491 e. The highest BCUT2D eigenvalue weighted by atomic mass is 32.2. The van der Waals surface area contributed by atoms with Gasteiger partial charge in [-0.05, 0) is 42.0 Å². The fourth-order valence-corrected chi connectivity index (χ4v) is 4.74. The summed E-state index contributed by atoms with van der Waals surface area (Å²) in [7, 11) is 0. The summed E-state index contributed by atoms with van der Waals surface area (Å²) in [4.78, 5) is 9.57. The van der Waals surface area contributed by atoms with Crippen LogP contribution in [0.4, 0.5) is 4.39 Å². The Morgan fingerprint density at radius 1 is 1.13 bits per heavy atom. The maximum atomic E-state index is 13.3. The highest BCUT2D eigenvalue weighted by molar-refractivity contribution is 7.99. The van der Waals surface area contributed by atoms with E-state index in [1.807, 2.05) is 5.38 Å². The number of nitrogens with zero attached hydrogens (tertiary/aromatic N) is 3. The van der Waals surface area contributed by atoms with E-state index in [0.717, 1.165) is 26.4 Å². The van der Waals surface area contributed by atoms with Gasteiger partial charge in [0.1, 0.15) is 34.4 Å². The number of hydrogen-bond donors (Lipinski definition) is 1. The van der Waals surface area contributed by atoms with Crippen molar-refractivity contribution in [2.45, 2.75) is 11.1 Å². The van der Waals surface area contributed by atoms with Gasteiger partial charge in [0.2, 0.25) is 0 Å². The van der Waals surface area contributed by atoms with Gasteiger partial charge in [-0.2, -0.15) is 5.26 Å². The van der Waals surface area contributed by atoms with Crippen molar-refractivity contribution >= 4 is 33.3 Å². The average Bonchev–Trinajstić information content (AvgIpc) is 3.22. The number of aliphatic hydroxyl groups is 1. The second kappa shape index (κ2) is 9.22. The number of thiophene rings is 1. The number of nitriles is 1. The average molecular weight is 438 g/mol. The van der Waals surface area contributed by atoms with Crippen LogP contribution >= 0.6 is 23.1 Å². The van der Waals surface area contributed by atoms with Crippen LogP contribution in [0.25, 0.3) is 21.3 Å². The summed E-state index contributed by atoms with van der Waals surface area (Å²) < 4.78 is 18.9. The molecule has 5 nitrogen and oxygen atoms in total. The van der Waals surface area contributed by atoms with Gasteiger partial charge in [0.25, 0.3) is 0 Å². The van der Waals surface area contributed by atoms with Gasteiger partial charge in [-0.3, -0.25) is 0 Å². The fourth-order valence-electron chi connectivity index (χ4n) is 2.84. The molecule has 0 unspecified atom stereocenters. The third-order valence-corrected chi connectivity index (χ3v) is 6.35. The number of aromatic nitrogens is 2. The number of halogens is 1. The van der Waals surface area contributed by atoms with Gasteiger partial charge >= 0.3 is 0 Å². The number of benzene rings is 2. The molecule has 0 aliphatic rings. The molecule has 2 aromatic carbocycles. The Morgan fingerprint density at radius 3 is 2.63 bits per heavy atom. The lowest BCUT2D eigenvalue weighted by molar-refractivity contribution is 0.126. The molecular weight excluding hydrogens is 421 g/mol. The predicted molar refractivity (Wildman–Crippen MR) is 116 cm³/mol. The highest BCUT2D eigenvalue weighted by Crippen LogP contribution is 2.38. The quantitative estimate of drug-likeness (QED) is 0.327. The monoisotopic (exact) mass is 437 g/mol. The van der Waals surface area contributed by atoms with Crippen molar-refractivity contribution in [3.63, 3.8) is 0 Å². The number of rotatable bonds is 7. The first-order valence-electron chi connectivity index (χ1n) is 9.06. The number of fused-ring (bicyclic) bond motifs is 1. The Morgan fingerprint density at radius 2 is 1.90 bits per heavy atom. The molecule has 4 rings (SSSR count). The van der Waals surface area contributed by atoms with E-state index in [-0.39, 0.29) is 12.4 Å². The topological polar surface area (TPSA) is 79.0 Å². The number of aliphatic hydroxyl groups excluding tert-OH is 1. The first kappa shape index (κ1) is 20.3. The molecule has 0 radical (unpaired) electrons. The fraction of sp³-hybridized carbons (Fsp3) is 0.136. The first-order valence-corrected chi connectivity index (χ1v) is 10.9. The van der Waals surface area contributed by atoms with E-state index in [1.165, 1.54) is 41.6 Å². The smallest absolute Gasteiger partial charge is 0.128 e.